The number of carbonyl (C=O) groups excluding carboxylic acids is 2. The molecule has 0 radical (unpaired) electrons. The van der Waals surface area contributed by atoms with Crippen LogP contribution in [0.2, 0.25) is 5.02 Å². The van der Waals surface area contributed by atoms with Gasteiger partial charge in [0, 0.05) is 40.8 Å². The van der Waals surface area contributed by atoms with E-state index in [1.165, 1.54) is 18.3 Å². The lowest BCUT2D eigenvalue weighted by atomic mass is 9.91. The van der Waals surface area contributed by atoms with E-state index in [2.05, 4.69) is 25.9 Å². The number of hydrogen-bond acceptors (Lipinski definition) is 3. The van der Waals surface area contributed by atoms with E-state index in [1.807, 2.05) is 0 Å². The third-order valence-electron chi connectivity index (χ3n) is 5.83. The van der Waals surface area contributed by atoms with E-state index in [0.717, 1.165) is 24.3 Å². The molecule has 3 aromatic rings. The molecule has 192 valence electrons. The van der Waals surface area contributed by atoms with Gasteiger partial charge in [-0.15, -0.1) is 0 Å². The van der Waals surface area contributed by atoms with E-state index < -0.39 is 23.4 Å². The van der Waals surface area contributed by atoms with Crippen molar-refractivity contribution < 1.29 is 22.8 Å². The van der Waals surface area contributed by atoms with E-state index in [4.69, 9.17) is 11.6 Å². The highest BCUT2D eigenvalue weighted by atomic mass is 35.5. The summed E-state index contributed by atoms with van der Waals surface area (Å²) in [6.45, 7) is 0. The number of nitrogens with one attached hydrogen (secondary N) is 3. The van der Waals surface area contributed by atoms with Crippen molar-refractivity contribution in [2.45, 2.75) is 37.8 Å². The second-order valence-electron chi connectivity index (χ2n) is 8.59. The predicted molar refractivity (Wildman–Crippen MR) is 134 cm³/mol. The van der Waals surface area contributed by atoms with Crippen molar-refractivity contribution in [2.75, 3.05) is 5.32 Å². The fourth-order valence-corrected chi connectivity index (χ4v) is 4.22. The summed E-state index contributed by atoms with van der Waals surface area (Å²) in [5.74, 6) is -3.88. The van der Waals surface area contributed by atoms with Crippen molar-refractivity contribution in [3.8, 4) is 0 Å². The van der Waals surface area contributed by atoms with E-state index in [9.17, 15) is 22.8 Å². The first kappa shape index (κ1) is 26.2. The number of aromatic nitrogens is 1. The Morgan fingerprint density at radius 1 is 0.892 bits per heavy atom. The minimum atomic E-state index is -1.17. The van der Waals surface area contributed by atoms with Crippen LogP contribution in [-0.4, -0.2) is 34.8 Å². The number of aliphatic imine (C=N–C) groups is 1. The Bertz CT molecular complexity index is 1290. The van der Waals surface area contributed by atoms with Crippen molar-refractivity contribution in [2.24, 2.45) is 4.99 Å². The lowest BCUT2D eigenvalue weighted by molar-refractivity contribution is 0.0923. The van der Waals surface area contributed by atoms with Gasteiger partial charge < -0.3 is 16.0 Å². The minimum Gasteiger partial charge on any atom is -0.353 e. The summed E-state index contributed by atoms with van der Waals surface area (Å²) in [4.78, 5) is 33.0. The molecule has 1 aliphatic rings. The maximum atomic E-state index is 13.8. The zero-order valence-electron chi connectivity index (χ0n) is 19.5. The van der Waals surface area contributed by atoms with Crippen molar-refractivity contribution in [1.29, 1.82) is 0 Å². The van der Waals surface area contributed by atoms with Gasteiger partial charge in [0.2, 0.25) is 5.96 Å². The molecule has 1 aromatic heterocycles. The first-order valence-corrected chi connectivity index (χ1v) is 11.9. The Hall–Kier alpha value is -3.92. The Labute approximate surface area is 216 Å². The second kappa shape index (κ2) is 11.9. The molecule has 1 heterocycles. The number of rotatable bonds is 5. The summed E-state index contributed by atoms with van der Waals surface area (Å²) in [7, 11) is 0. The lowest BCUT2D eigenvalue weighted by Gasteiger charge is -2.30. The Morgan fingerprint density at radius 3 is 2.27 bits per heavy atom. The molecule has 1 saturated carbocycles. The zero-order valence-corrected chi connectivity index (χ0v) is 20.2. The van der Waals surface area contributed by atoms with Crippen LogP contribution in [-0.2, 0) is 0 Å². The van der Waals surface area contributed by atoms with Gasteiger partial charge >= 0.3 is 0 Å². The highest BCUT2D eigenvalue weighted by Gasteiger charge is 2.24. The molecule has 2 amide bonds. The molecule has 3 N–H and O–H groups in total. The van der Waals surface area contributed by atoms with Gasteiger partial charge in [-0.25, -0.2) is 13.2 Å². The molecule has 4 rings (SSSR count). The maximum Gasteiger partial charge on any atom is 0.280 e. The molecule has 1 aliphatic carbocycles. The quantitative estimate of drug-likeness (QED) is 0.316. The lowest BCUT2D eigenvalue weighted by Crippen LogP contribution is -2.45. The normalized spacial score (nSPS) is 17.7. The number of anilines is 1. The molecular formula is C26H23ClF3N5O2. The number of amides is 2. The number of pyridine rings is 1. The van der Waals surface area contributed by atoms with E-state index in [1.54, 1.807) is 18.3 Å². The van der Waals surface area contributed by atoms with Gasteiger partial charge in [0.1, 0.15) is 5.82 Å². The van der Waals surface area contributed by atoms with E-state index in [-0.39, 0.29) is 40.2 Å². The fourth-order valence-electron chi connectivity index (χ4n) is 4.00. The molecule has 0 bridgehead atoms. The molecule has 0 unspecified atom stereocenters. The molecule has 1 fully saturated rings. The molecule has 0 aliphatic heterocycles. The average Bonchev–Trinajstić information content (AvgIpc) is 2.86. The predicted octanol–water partition coefficient (Wildman–Crippen LogP) is 5.09. The minimum absolute atomic E-state index is 0.000699. The molecule has 37 heavy (non-hydrogen) atoms. The van der Waals surface area contributed by atoms with Crippen LogP contribution in [0.15, 0.2) is 65.9 Å². The largest absolute Gasteiger partial charge is 0.353 e. The van der Waals surface area contributed by atoms with Crippen molar-refractivity contribution in [3.63, 3.8) is 0 Å². The number of halogens is 4. The Balaban J connectivity index is 1.45. The van der Waals surface area contributed by atoms with Crippen LogP contribution < -0.4 is 16.0 Å². The number of benzene rings is 2. The van der Waals surface area contributed by atoms with Crippen LogP contribution in [0, 0.1) is 17.5 Å². The fraction of sp³-hybridized carbons (Fsp3) is 0.231. The van der Waals surface area contributed by atoms with Gasteiger partial charge in [0.25, 0.3) is 11.8 Å². The molecule has 2 aromatic carbocycles. The Morgan fingerprint density at radius 2 is 1.62 bits per heavy atom. The summed E-state index contributed by atoms with van der Waals surface area (Å²) < 4.78 is 40.8. The maximum absolute atomic E-state index is 13.8. The number of carbonyl (C=O) groups is 2. The van der Waals surface area contributed by atoms with Gasteiger partial charge in [-0.2, -0.15) is 4.99 Å². The summed E-state index contributed by atoms with van der Waals surface area (Å²) in [5.41, 5.74) is 0.566. The van der Waals surface area contributed by atoms with Gasteiger partial charge in [0.15, 0.2) is 11.6 Å². The van der Waals surface area contributed by atoms with E-state index in [0.29, 0.717) is 31.2 Å². The van der Waals surface area contributed by atoms with Crippen LogP contribution in [0.3, 0.4) is 0 Å². The van der Waals surface area contributed by atoms with E-state index >= 15 is 0 Å². The van der Waals surface area contributed by atoms with Gasteiger partial charge in [-0.3, -0.25) is 14.6 Å². The summed E-state index contributed by atoms with van der Waals surface area (Å²) in [5, 5.41) is 9.12. The van der Waals surface area contributed by atoms with Crippen LogP contribution >= 0.6 is 11.6 Å². The van der Waals surface area contributed by atoms with Crippen LogP contribution in [0.1, 0.15) is 46.4 Å². The highest BCUT2D eigenvalue weighted by Crippen LogP contribution is 2.21. The number of hydrogen-bond donors (Lipinski definition) is 3. The number of guanidine groups is 1. The van der Waals surface area contributed by atoms with Crippen LogP contribution in [0.5, 0.6) is 0 Å². The Kier molecular flexibility index (Phi) is 8.39. The smallest absolute Gasteiger partial charge is 0.280 e. The second-order valence-corrected chi connectivity index (χ2v) is 9.02. The molecular weight excluding hydrogens is 507 g/mol. The average molecular weight is 530 g/mol. The van der Waals surface area contributed by atoms with Gasteiger partial charge in [-0.05, 0) is 74.2 Å². The molecule has 11 heteroatoms. The highest BCUT2D eigenvalue weighted by molar-refractivity contribution is 6.31. The monoisotopic (exact) mass is 529 g/mol. The molecule has 0 spiro atoms. The molecule has 7 nitrogen and oxygen atoms in total. The van der Waals surface area contributed by atoms with Crippen molar-refractivity contribution in [3.05, 3.63) is 94.5 Å². The first-order valence-electron chi connectivity index (χ1n) is 11.6. The molecule has 0 saturated heterocycles. The van der Waals surface area contributed by atoms with Gasteiger partial charge in [0.05, 0.1) is 5.56 Å². The SMILES string of the molecule is O=C(/N=C(/Nc1cc(F)cc(Cl)c1)NC1CCC(NC(=O)c2cccnc2)CC1)c1ccc(F)c(F)c1. The third-order valence-corrected chi connectivity index (χ3v) is 6.05. The summed E-state index contributed by atoms with van der Waals surface area (Å²) in [6, 6.07) is 9.69. The van der Waals surface area contributed by atoms with Gasteiger partial charge in [-0.1, -0.05) is 11.6 Å². The van der Waals surface area contributed by atoms with Crippen molar-refractivity contribution >= 4 is 35.1 Å². The topological polar surface area (TPSA) is 95.5 Å². The molecule has 0 atom stereocenters. The summed E-state index contributed by atoms with van der Waals surface area (Å²) >= 11 is 5.94. The standard InChI is InChI=1S/C26H23ClF3N5O2/c27-17-11-18(28)13-21(12-17)34-26(35-24(36)15-3-8-22(29)23(30)10-15)33-20-6-4-19(5-7-20)32-25(37)16-2-1-9-31-14-16/h1-3,8-14,19-20H,4-7H2,(H,32,37)(H2,33,34,35,36). The van der Waals surface area contributed by atoms with Crippen molar-refractivity contribution in [1.82, 2.24) is 15.6 Å². The zero-order chi connectivity index (χ0) is 26.4. The van der Waals surface area contributed by atoms with Crippen LogP contribution in [0.4, 0.5) is 18.9 Å². The van der Waals surface area contributed by atoms with Crippen LogP contribution in [0.25, 0.3) is 0 Å². The number of nitrogens with zero attached hydrogens (tertiary/aromatic N) is 2. The third kappa shape index (κ3) is 7.29. The summed E-state index contributed by atoms with van der Waals surface area (Å²) in [6.07, 6.45) is 5.71. The first-order chi connectivity index (χ1) is 17.8.